The van der Waals surface area contributed by atoms with E-state index in [0.717, 1.165) is 23.3 Å². The Hall–Kier alpha value is -4.26. The lowest BCUT2D eigenvalue weighted by atomic mass is 9.45. The highest BCUT2D eigenvalue weighted by Crippen LogP contribution is 2.37. The summed E-state index contributed by atoms with van der Waals surface area (Å²) in [6.45, 7) is 1.88. The second-order valence-electron chi connectivity index (χ2n) is 9.02. The molecule has 2 N–H and O–H groups in total. The van der Waals surface area contributed by atoms with Gasteiger partial charge in [-0.1, -0.05) is 42.5 Å². The number of halogens is 3. The largest absolute Gasteiger partial charge is 0.416 e. The number of benzene rings is 2. The van der Waals surface area contributed by atoms with Gasteiger partial charge in [-0.25, -0.2) is 15.2 Å². The number of imidazole rings is 1. The van der Waals surface area contributed by atoms with Crippen molar-refractivity contribution < 1.29 is 13.2 Å². The third-order valence-electron chi connectivity index (χ3n) is 6.50. The zero-order valence-electron chi connectivity index (χ0n) is 20.0. The van der Waals surface area contributed by atoms with Crippen LogP contribution in [0, 0.1) is 11.2 Å². The van der Waals surface area contributed by atoms with E-state index in [9.17, 15) is 18.4 Å². The van der Waals surface area contributed by atoms with Crippen LogP contribution in [0.2, 0.25) is 12.6 Å². The van der Waals surface area contributed by atoms with Crippen LogP contribution in [0.25, 0.3) is 22.5 Å². The molecular formula is C27H24BF3N6. The fourth-order valence-corrected chi connectivity index (χ4v) is 4.46. The van der Waals surface area contributed by atoms with Crippen LogP contribution < -0.4 is 10.2 Å². The maximum absolute atomic E-state index is 13.5. The number of anilines is 2. The third kappa shape index (κ3) is 5.61. The van der Waals surface area contributed by atoms with E-state index >= 15 is 0 Å². The van der Waals surface area contributed by atoms with Crippen LogP contribution in [0.5, 0.6) is 0 Å². The number of hydrogen-bond acceptors (Lipinski definition) is 5. The maximum atomic E-state index is 13.5. The summed E-state index contributed by atoms with van der Waals surface area (Å²) in [6, 6.07) is 18.8. The van der Waals surface area contributed by atoms with Crippen LogP contribution in [0.3, 0.4) is 0 Å². The molecular weight excluding hydrogens is 476 g/mol. The summed E-state index contributed by atoms with van der Waals surface area (Å²) in [7, 11) is 0. The molecule has 186 valence electrons. The number of hydrogen-bond donors (Lipinski definition) is 2. The van der Waals surface area contributed by atoms with Crippen molar-refractivity contribution >= 4 is 18.5 Å². The SMILES string of the molecule is N#CB1CCN(c2nc(-c3cccc(C(F)(F)F)c3)c(-c3ccnc(NCc4ccccc4)c3)[nH]2)CC1. The lowest BCUT2D eigenvalue weighted by Crippen LogP contribution is -2.37. The van der Waals surface area contributed by atoms with Crippen LogP contribution in [0.15, 0.2) is 72.9 Å². The average molecular weight is 500 g/mol. The van der Waals surface area contributed by atoms with E-state index in [2.05, 4.69) is 21.3 Å². The Morgan fingerprint density at radius 2 is 1.78 bits per heavy atom. The van der Waals surface area contributed by atoms with Gasteiger partial charge in [0.15, 0.2) is 0 Å². The number of nitriles is 1. The second kappa shape index (κ2) is 10.4. The van der Waals surface area contributed by atoms with Crippen molar-refractivity contribution in [1.82, 2.24) is 15.0 Å². The van der Waals surface area contributed by atoms with Gasteiger partial charge in [-0.2, -0.15) is 13.2 Å². The van der Waals surface area contributed by atoms with Crippen molar-refractivity contribution in [2.75, 3.05) is 23.3 Å². The van der Waals surface area contributed by atoms with Gasteiger partial charge in [-0.15, -0.1) is 0 Å². The van der Waals surface area contributed by atoms with Gasteiger partial charge in [0.2, 0.25) is 5.95 Å². The van der Waals surface area contributed by atoms with E-state index < -0.39 is 11.7 Å². The molecule has 1 aliphatic heterocycles. The predicted molar refractivity (Wildman–Crippen MR) is 139 cm³/mol. The minimum absolute atomic E-state index is 0.00654. The molecule has 0 saturated carbocycles. The summed E-state index contributed by atoms with van der Waals surface area (Å²) >= 11 is 0. The summed E-state index contributed by atoms with van der Waals surface area (Å²) in [5, 5.41) is 12.5. The summed E-state index contributed by atoms with van der Waals surface area (Å²) < 4.78 is 40.4. The number of aromatic amines is 1. The Labute approximate surface area is 213 Å². The molecule has 2 aromatic carbocycles. The average Bonchev–Trinajstić information content (AvgIpc) is 3.38. The standard InChI is InChI=1S/C27H24BF3N6/c29-27(30,31)22-8-4-7-20(15-22)24-25(36-26(35-24)37-13-10-28(18-32)11-14-37)21-9-12-33-23(16-21)34-17-19-5-2-1-3-6-19/h1-9,12,15-16H,10-11,13-14,17H2,(H,33,34)(H,35,36). The number of rotatable bonds is 6. The molecule has 4 aromatic rings. The first-order valence-corrected chi connectivity index (χ1v) is 12.1. The third-order valence-corrected chi connectivity index (χ3v) is 6.50. The van der Waals surface area contributed by atoms with Gasteiger partial charge in [0.1, 0.15) is 5.82 Å². The number of alkyl halides is 3. The van der Waals surface area contributed by atoms with Crippen molar-refractivity contribution in [3.63, 3.8) is 0 Å². The molecule has 1 fully saturated rings. The van der Waals surface area contributed by atoms with Gasteiger partial charge in [0.05, 0.1) is 17.0 Å². The summed E-state index contributed by atoms with van der Waals surface area (Å²) in [5.41, 5.74) is 2.54. The normalized spacial score (nSPS) is 13.9. The number of nitrogens with zero attached hydrogens (tertiary/aromatic N) is 4. The minimum atomic E-state index is -4.46. The van der Waals surface area contributed by atoms with E-state index in [0.29, 0.717) is 61.0 Å². The molecule has 0 unspecified atom stereocenters. The lowest BCUT2D eigenvalue weighted by molar-refractivity contribution is -0.137. The van der Waals surface area contributed by atoms with Crippen molar-refractivity contribution in [2.45, 2.75) is 25.4 Å². The Morgan fingerprint density at radius 3 is 2.51 bits per heavy atom. The van der Waals surface area contributed by atoms with Crippen LogP contribution in [0.4, 0.5) is 24.9 Å². The minimum Gasteiger partial charge on any atom is -0.366 e. The highest BCUT2D eigenvalue weighted by molar-refractivity contribution is 6.67. The molecule has 0 bridgehead atoms. The van der Waals surface area contributed by atoms with Crippen LogP contribution >= 0.6 is 0 Å². The second-order valence-corrected chi connectivity index (χ2v) is 9.02. The quantitative estimate of drug-likeness (QED) is 0.311. The van der Waals surface area contributed by atoms with E-state index in [1.165, 1.54) is 6.07 Å². The molecule has 0 aliphatic carbocycles. The molecule has 0 spiro atoms. The van der Waals surface area contributed by atoms with Gasteiger partial charge >= 0.3 is 6.18 Å². The molecule has 1 saturated heterocycles. The Bertz CT molecular complexity index is 1410. The van der Waals surface area contributed by atoms with Gasteiger partial charge in [-0.3, -0.25) is 0 Å². The molecule has 37 heavy (non-hydrogen) atoms. The first-order chi connectivity index (χ1) is 17.9. The molecule has 10 heteroatoms. The Kier molecular flexibility index (Phi) is 6.86. The highest BCUT2D eigenvalue weighted by Gasteiger charge is 2.31. The number of nitrogens with one attached hydrogen (secondary N) is 2. The van der Waals surface area contributed by atoms with Crippen LogP contribution in [-0.2, 0) is 12.7 Å². The first-order valence-electron chi connectivity index (χ1n) is 12.1. The van der Waals surface area contributed by atoms with Gasteiger partial charge in [0.25, 0.3) is 6.71 Å². The smallest absolute Gasteiger partial charge is 0.366 e. The van der Waals surface area contributed by atoms with Gasteiger partial charge in [0, 0.05) is 42.9 Å². The molecule has 3 heterocycles. The zero-order chi connectivity index (χ0) is 25.8. The number of pyridine rings is 1. The first kappa shape index (κ1) is 24.4. The zero-order valence-corrected chi connectivity index (χ0v) is 20.0. The van der Waals surface area contributed by atoms with Crippen LogP contribution in [-0.4, -0.2) is 34.8 Å². The van der Waals surface area contributed by atoms with E-state index in [1.54, 1.807) is 12.3 Å². The van der Waals surface area contributed by atoms with Crippen molar-refractivity contribution in [3.8, 4) is 28.5 Å². The molecule has 0 amide bonds. The monoisotopic (exact) mass is 500 g/mol. The van der Waals surface area contributed by atoms with E-state index in [1.807, 2.05) is 47.4 Å². The maximum Gasteiger partial charge on any atom is 0.416 e. The fourth-order valence-electron chi connectivity index (χ4n) is 4.46. The van der Waals surface area contributed by atoms with Crippen molar-refractivity contribution in [2.24, 2.45) is 0 Å². The van der Waals surface area contributed by atoms with E-state index in [-0.39, 0.29) is 6.71 Å². The van der Waals surface area contributed by atoms with Gasteiger partial charge in [-0.05, 0) is 42.5 Å². The Balaban J connectivity index is 1.51. The number of H-pyrrole nitrogens is 1. The Morgan fingerprint density at radius 1 is 1.00 bits per heavy atom. The molecule has 0 radical (unpaired) electrons. The topological polar surface area (TPSA) is 80.6 Å². The van der Waals surface area contributed by atoms with Crippen molar-refractivity contribution in [3.05, 3.63) is 84.1 Å². The predicted octanol–water partition coefficient (Wildman–Crippen LogP) is 6.15. The van der Waals surface area contributed by atoms with E-state index in [4.69, 9.17) is 4.98 Å². The summed E-state index contributed by atoms with van der Waals surface area (Å²) in [6.07, 6.45) is -1.36. The number of aromatic nitrogens is 3. The molecule has 5 rings (SSSR count). The summed E-state index contributed by atoms with van der Waals surface area (Å²) in [5.74, 6) is 3.54. The van der Waals surface area contributed by atoms with Crippen LogP contribution in [0.1, 0.15) is 11.1 Å². The molecule has 1 aliphatic rings. The van der Waals surface area contributed by atoms with Gasteiger partial charge < -0.3 is 15.2 Å². The molecule has 2 aromatic heterocycles. The fraction of sp³-hybridized carbons (Fsp3) is 0.222. The lowest BCUT2D eigenvalue weighted by Gasteiger charge is -2.27. The highest BCUT2D eigenvalue weighted by atomic mass is 19.4. The molecule has 6 nitrogen and oxygen atoms in total. The summed E-state index contributed by atoms with van der Waals surface area (Å²) in [4.78, 5) is 14.6. The molecule has 0 atom stereocenters. The van der Waals surface area contributed by atoms with Crippen molar-refractivity contribution in [1.29, 1.82) is 5.26 Å².